The first kappa shape index (κ1) is 6.85. The average Bonchev–Trinajstić information content (AvgIpc) is 1.60. The predicted octanol–water partition coefficient (Wildman–Crippen LogP) is -0.294. The molecule has 0 bridgehead atoms. The van der Waals surface area contributed by atoms with E-state index in [0.717, 1.165) is 5.12 Å². The Hall–Kier alpha value is -0.260. The first-order valence-electron chi connectivity index (χ1n) is 2.74. The highest BCUT2D eigenvalue weighted by molar-refractivity contribution is 4.73. The Morgan fingerprint density at radius 1 is 1.56 bits per heavy atom. The molecule has 0 amide bonds. The summed E-state index contributed by atoms with van der Waals surface area (Å²) in [4.78, 5) is 0. The Morgan fingerprint density at radius 3 is 2.56 bits per heavy atom. The maximum Gasteiger partial charge on any atom is 0.264 e. The van der Waals surface area contributed by atoms with Crippen molar-refractivity contribution >= 4 is 0 Å². The van der Waals surface area contributed by atoms with Crippen LogP contribution in [0.15, 0.2) is 0 Å². The van der Waals surface area contributed by atoms with Crippen molar-refractivity contribution in [1.82, 2.24) is 10.5 Å². The number of alkyl halides is 2. The number of hydrogen-bond acceptors (Lipinski definition) is 3. The molecule has 0 unspecified atom stereocenters. The quantitative estimate of drug-likeness (QED) is 0.450. The van der Waals surface area contributed by atoms with Gasteiger partial charge in [0.2, 0.25) is 0 Å². The van der Waals surface area contributed by atoms with Crippen molar-refractivity contribution in [2.24, 2.45) is 5.84 Å². The summed E-state index contributed by atoms with van der Waals surface area (Å²) in [5.74, 6) is 2.44. The Bertz CT molecular complexity index is 106. The highest BCUT2D eigenvalue weighted by atomic mass is 19.3. The zero-order chi connectivity index (χ0) is 6.91. The smallest absolute Gasteiger partial charge is 0.255 e. The third-order valence-corrected chi connectivity index (χ3v) is 1.21. The lowest BCUT2D eigenvalue weighted by molar-refractivity contribution is -0.0809. The van der Waals surface area contributed by atoms with E-state index >= 15 is 0 Å². The number of hydrogen-bond donors (Lipinski definition) is 2. The molecule has 0 aliphatic carbocycles. The standard InChI is InChI=1S/C4H9F2N3/c5-4(6)1-2-8-9(7)3-4/h8H,1-3,7H2. The SMILES string of the molecule is NN1CC(F)(F)CCN1. The summed E-state index contributed by atoms with van der Waals surface area (Å²) >= 11 is 0. The van der Waals surface area contributed by atoms with Crippen molar-refractivity contribution in [1.29, 1.82) is 0 Å². The number of rotatable bonds is 0. The van der Waals surface area contributed by atoms with Crippen LogP contribution in [0.25, 0.3) is 0 Å². The minimum absolute atomic E-state index is 0.124. The molecule has 5 heteroatoms. The zero-order valence-electron chi connectivity index (χ0n) is 4.90. The number of hydrazine groups is 2. The topological polar surface area (TPSA) is 41.3 Å². The lowest BCUT2D eigenvalue weighted by Gasteiger charge is -2.29. The van der Waals surface area contributed by atoms with Crippen LogP contribution in [0, 0.1) is 0 Å². The summed E-state index contributed by atoms with van der Waals surface area (Å²) in [6.45, 7) is -0.142. The zero-order valence-corrected chi connectivity index (χ0v) is 4.90. The third-order valence-electron chi connectivity index (χ3n) is 1.21. The van der Waals surface area contributed by atoms with Crippen molar-refractivity contribution < 1.29 is 8.78 Å². The third kappa shape index (κ3) is 1.85. The van der Waals surface area contributed by atoms with Gasteiger partial charge in [-0.3, -0.25) is 5.84 Å². The first-order valence-corrected chi connectivity index (χ1v) is 2.74. The number of halogens is 2. The summed E-state index contributed by atoms with van der Waals surface area (Å²) in [6, 6.07) is 0. The van der Waals surface area contributed by atoms with Gasteiger partial charge < -0.3 is 0 Å². The van der Waals surface area contributed by atoms with E-state index < -0.39 is 12.5 Å². The molecule has 54 valence electrons. The fourth-order valence-electron chi connectivity index (χ4n) is 0.767. The Morgan fingerprint density at radius 2 is 2.22 bits per heavy atom. The molecular weight excluding hydrogens is 128 g/mol. The van der Waals surface area contributed by atoms with Crippen LogP contribution in [0.2, 0.25) is 0 Å². The van der Waals surface area contributed by atoms with E-state index in [1.54, 1.807) is 0 Å². The van der Waals surface area contributed by atoms with Gasteiger partial charge in [0.05, 0.1) is 6.54 Å². The summed E-state index contributed by atoms with van der Waals surface area (Å²) in [5.41, 5.74) is 2.57. The fraction of sp³-hybridized carbons (Fsp3) is 1.00. The van der Waals surface area contributed by atoms with Crippen molar-refractivity contribution in [2.45, 2.75) is 12.3 Å². The van der Waals surface area contributed by atoms with Crippen molar-refractivity contribution in [3.8, 4) is 0 Å². The van der Waals surface area contributed by atoms with Gasteiger partial charge in [-0.2, -0.15) is 5.12 Å². The molecule has 3 N–H and O–H groups in total. The Labute approximate surface area is 51.7 Å². The molecule has 1 fully saturated rings. The van der Waals surface area contributed by atoms with E-state index in [1.165, 1.54) is 0 Å². The van der Waals surface area contributed by atoms with Gasteiger partial charge in [-0.25, -0.2) is 14.2 Å². The molecule has 1 aliphatic heterocycles. The molecule has 0 aromatic rings. The molecule has 1 heterocycles. The fourth-order valence-corrected chi connectivity index (χ4v) is 0.767. The average molecular weight is 137 g/mol. The molecule has 9 heavy (non-hydrogen) atoms. The second-order valence-electron chi connectivity index (χ2n) is 2.14. The molecule has 0 aromatic carbocycles. The van der Waals surface area contributed by atoms with Crippen LogP contribution in [-0.4, -0.2) is 24.1 Å². The first-order chi connectivity index (χ1) is 4.10. The minimum atomic E-state index is -2.61. The van der Waals surface area contributed by atoms with Gasteiger partial charge in [0.25, 0.3) is 5.92 Å². The maximum absolute atomic E-state index is 12.3. The van der Waals surface area contributed by atoms with Gasteiger partial charge >= 0.3 is 0 Å². The van der Waals surface area contributed by atoms with Gasteiger partial charge in [-0.1, -0.05) is 0 Å². The highest BCUT2D eigenvalue weighted by Gasteiger charge is 2.33. The molecule has 0 saturated carbocycles. The van der Waals surface area contributed by atoms with Crippen LogP contribution in [0.3, 0.4) is 0 Å². The van der Waals surface area contributed by atoms with Gasteiger partial charge in [-0.15, -0.1) is 0 Å². The van der Waals surface area contributed by atoms with Crippen LogP contribution in [-0.2, 0) is 0 Å². The molecule has 1 saturated heterocycles. The van der Waals surface area contributed by atoms with Gasteiger partial charge in [0.15, 0.2) is 0 Å². The van der Waals surface area contributed by atoms with Gasteiger partial charge in [0, 0.05) is 13.0 Å². The summed E-state index contributed by atoms with van der Waals surface area (Å²) in [7, 11) is 0. The van der Waals surface area contributed by atoms with Crippen molar-refractivity contribution in [2.75, 3.05) is 13.1 Å². The minimum Gasteiger partial charge on any atom is -0.255 e. The molecule has 3 nitrogen and oxygen atoms in total. The molecule has 0 radical (unpaired) electrons. The van der Waals surface area contributed by atoms with E-state index in [0.29, 0.717) is 0 Å². The number of nitrogens with one attached hydrogen (secondary N) is 1. The summed E-state index contributed by atoms with van der Waals surface area (Å²) in [6.07, 6.45) is -0.124. The van der Waals surface area contributed by atoms with Crippen LogP contribution >= 0.6 is 0 Å². The summed E-state index contributed by atoms with van der Waals surface area (Å²) in [5, 5.41) is 0.920. The van der Waals surface area contributed by atoms with E-state index in [4.69, 9.17) is 5.84 Å². The second kappa shape index (κ2) is 2.17. The molecule has 0 spiro atoms. The molecule has 1 aliphatic rings. The molecule has 0 aromatic heterocycles. The largest absolute Gasteiger partial charge is 0.264 e. The van der Waals surface area contributed by atoms with Gasteiger partial charge in [-0.05, 0) is 0 Å². The second-order valence-corrected chi connectivity index (χ2v) is 2.14. The van der Waals surface area contributed by atoms with Crippen LogP contribution < -0.4 is 11.3 Å². The van der Waals surface area contributed by atoms with Crippen molar-refractivity contribution in [3.63, 3.8) is 0 Å². The lowest BCUT2D eigenvalue weighted by Crippen LogP contribution is -2.55. The normalized spacial score (nSPS) is 28.3. The van der Waals surface area contributed by atoms with E-state index in [2.05, 4.69) is 5.43 Å². The van der Waals surface area contributed by atoms with Gasteiger partial charge in [0.1, 0.15) is 0 Å². The Kier molecular flexibility index (Phi) is 1.65. The molecule has 1 rings (SSSR count). The number of nitrogens with two attached hydrogens (primary N) is 1. The van der Waals surface area contributed by atoms with E-state index in [9.17, 15) is 8.78 Å². The maximum atomic E-state index is 12.3. The van der Waals surface area contributed by atoms with Crippen molar-refractivity contribution in [3.05, 3.63) is 0 Å². The van der Waals surface area contributed by atoms with E-state index in [1.807, 2.05) is 0 Å². The monoisotopic (exact) mass is 137 g/mol. The molecular formula is C4H9F2N3. The predicted molar refractivity (Wildman–Crippen MR) is 28.5 cm³/mol. The van der Waals surface area contributed by atoms with Crippen LogP contribution in [0.4, 0.5) is 8.78 Å². The summed E-state index contributed by atoms with van der Waals surface area (Å²) < 4.78 is 24.6. The van der Waals surface area contributed by atoms with E-state index in [-0.39, 0.29) is 13.0 Å². The number of nitrogens with zero attached hydrogens (tertiary/aromatic N) is 1. The lowest BCUT2D eigenvalue weighted by atomic mass is 10.2. The van der Waals surface area contributed by atoms with Crippen LogP contribution in [0.5, 0.6) is 0 Å². The Balaban J connectivity index is 2.41. The van der Waals surface area contributed by atoms with Crippen LogP contribution in [0.1, 0.15) is 6.42 Å². The highest BCUT2D eigenvalue weighted by Crippen LogP contribution is 2.19. The molecule has 0 atom stereocenters.